The van der Waals surface area contributed by atoms with Gasteiger partial charge in [-0.05, 0) is 30.2 Å². The normalized spacial score (nSPS) is 12.6. The van der Waals surface area contributed by atoms with Crippen LogP contribution in [-0.2, 0) is 0 Å². The lowest BCUT2D eigenvalue weighted by molar-refractivity contribution is 0.474. The van der Waals surface area contributed by atoms with E-state index in [-0.39, 0.29) is 11.9 Å². The van der Waals surface area contributed by atoms with Gasteiger partial charge in [-0.3, -0.25) is 11.3 Å². The highest BCUT2D eigenvalue weighted by molar-refractivity contribution is 9.10. The number of nitrogens with two attached hydrogens (primary N) is 1. The van der Waals surface area contributed by atoms with E-state index in [0.717, 1.165) is 22.9 Å². The summed E-state index contributed by atoms with van der Waals surface area (Å²) in [5.74, 6) is 5.35. The fraction of sp³-hybridized carbons (Fsp3) is 0.600. The molecule has 4 heteroatoms. The molecule has 0 aliphatic carbocycles. The molecule has 0 heterocycles. The van der Waals surface area contributed by atoms with Crippen molar-refractivity contribution in [1.82, 2.24) is 5.43 Å². The van der Waals surface area contributed by atoms with Crippen LogP contribution in [0.25, 0.3) is 0 Å². The molecule has 1 rings (SSSR count). The van der Waals surface area contributed by atoms with Gasteiger partial charge in [0.2, 0.25) is 0 Å². The molecule has 1 unspecified atom stereocenters. The Morgan fingerprint density at radius 1 is 1.16 bits per heavy atom. The van der Waals surface area contributed by atoms with Crippen LogP contribution in [0.4, 0.5) is 4.39 Å². The molecule has 1 atom stereocenters. The number of rotatable bonds is 9. The minimum atomic E-state index is -0.229. The van der Waals surface area contributed by atoms with Gasteiger partial charge in [-0.2, -0.15) is 0 Å². The third-order valence-electron chi connectivity index (χ3n) is 3.33. The van der Waals surface area contributed by atoms with E-state index in [1.54, 1.807) is 6.07 Å². The standard InChI is InChI=1S/C15H24BrFN2/c1-2-3-4-5-6-7-8-15(19-18)12-9-13(16)11-14(17)10-12/h9-11,15,19H,2-8,18H2,1H3. The van der Waals surface area contributed by atoms with Gasteiger partial charge in [0.25, 0.3) is 0 Å². The van der Waals surface area contributed by atoms with Gasteiger partial charge in [-0.1, -0.05) is 61.4 Å². The van der Waals surface area contributed by atoms with E-state index in [4.69, 9.17) is 5.84 Å². The molecule has 0 bridgehead atoms. The molecule has 108 valence electrons. The molecule has 0 amide bonds. The van der Waals surface area contributed by atoms with Gasteiger partial charge >= 0.3 is 0 Å². The summed E-state index contributed by atoms with van der Waals surface area (Å²) >= 11 is 3.31. The number of hydrazine groups is 1. The molecule has 0 radical (unpaired) electrons. The Hall–Kier alpha value is -0.450. The summed E-state index contributed by atoms with van der Waals surface area (Å²) in [6, 6.07) is 4.96. The number of unbranched alkanes of at least 4 members (excludes halogenated alkanes) is 5. The summed E-state index contributed by atoms with van der Waals surface area (Å²) in [6.45, 7) is 2.22. The zero-order valence-corrected chi connectivity index (χ0v) is 13.2. The molecule has 0 saturated heterocycles. The van der Waals surface area contributed by atoms with E-state index in [1.807, 2.05) is 6.07 Å². The molecule has 1 aromatic rings. The first-order valence-electron chi connectivity index (χ1n) is 7.09. The quantitative estimate of drug-likeness (QED) is 0.386. The zero-order valence-electron chi connectivity index (χ0n) is 11.6. The lowest BCUT2D eigenvalue weighted by Gasteiger charge is -2.16. The summed E-state index contributed by atoms with van der Waals surface area (Å²) < 4.78 is 14.1. The Bertz CT molecular complexity index is 351. The number of benzene rings is 1. The van der Waals surface area contributed by atoms with E-state index >= 15 is 0 Å². The van der Waals surface area contributed by atoms with Crippen LogP contribution in [0, 0.1) is 5.82 Å². The topological polar surface area (TPSA) is 38.0 Å². The van der Waals surface area contributed by atoms with Crippen molar-refractivity contribution >= 4 is 15.9 Å². The van der Waals surface area contributed by atoms with Crippen molar-refractivity contribution < 1.29 is 4.39 Å². The Kier molecular flexibility index (Phi) is 8.26. The van der Waals surface area contributed by atoms with Gasteiger partial charge in [0.15, 0.2) is 0 Å². The molecule has 0 spiro atoms. The summed E-state index contributed by atoms with van der Waals surface area (Å²) in [4.78, 5) is 0. The third kappa shape index (κ3) is 6.50. The maximum absolute atomic E-state index is 13.4. The van der Waals surface area contributed by atoms with Crippen LogP contribution < -0.4 is 11.3 Å². The first kappa shape index (κ1) is 16.6. The number of hydrogen-bond donors (Lipinski definition) is 2. The van der Waals surface area contributed by atoms with Crippen molar-refractivity contribution in [2.75, 3.05) is 0 Å². The van der Waals surface area contributed by atoms with Crippen LogP contribution in [0.5, 0.6) is 0 Å². The number of halogens is 2. The minimum absolute atomic E-state index is 0.0261. The second-order valence-corrected chi connectivity index (χ2v) is 5.89. The van der Waals surface area contributed by atoms with Crippen molar-refractivity contribution in [2.24, 2.45) is 5.84 Å². The van der Waals surface area contributed by atoms with Gasteiger partial charge in [-0.25, -0.2) is 4.39 Å². The molecule has 19 heavy (non-hydrogen) atoms. The van der Waals surface area contributed by atoms with Crippen molar-refractivity contribution in [1.29, 1.82) is 0 Å². The highest BCUT2D eigenvalue weighted by Gasteiger charge is 2.11. The van der Waals surface area contributed by atoms with E-state index < -0.39 is 0 Å². The fourth-order valence-electron chi connectivity index (χ4n) is 2.25. The number of nitrogens with one attached hydrogen (secondary N) is 1. The zero-order chi connectivity index (χ0) is 14.1. The summed E-state index contributed by atoms with van der Waals surface area (Å²) in [6.07, 6.45) is 8.44. The van der Waals surface area contributed by atoms with Crippen LogP contribution in [0.2, 0.25) is 0 Å². The molecule has 0 fully saturated rings. The third-order valence-corrected chi connectivity index (χ3v) is 3.79. The molecule has 0 aliphatic rings. The van der Waals surface area contributed by atoms with E-state index in [1.165, 1.54) is 38.2 Å². The molecule has 0 aromatic heterocycles. The number of hydrogen-bond acceptors (Lipinski definition) is 2. The maximum Gasteiger partial charge on any atom is 0.124 e. The van der Waals surface area contributed by atoms with Crippen LogP contribution in [0.1, 0.15) is 63.5 Å². The van der Waals surface area contributed by atoms with Crippen molar-refractivity contribution in [3.8, 4) is 0 Å². The minimum Gasteiger partial charge on any atom is -0.271 e. The lowest BCUT2D eigenvalue weighted by atomic mass is 10.00. The SMILES string of the molecule is CCCCCCCCC(NN)c1cc(F)cc(Br)c1. The molecular formula is C15H24BrFN2. The predicted molar refractivity (Wildman–Crippen MR) is 82.2 cm³/mol. The van der Waals surface area contributed by atoms with Crippen LogP contribution in [-0.4, -0.2) is 0 Å². The Morgan fingerprint density at radius 2 is 1.84 bits per heavy atom. The smallest absolute Gasteiger partial charge is 0.124 e. The highest BCUT2D eigenvalue weighted by Crippen LogP contribution is 2.24. The molecule has 1 aromatic carbocycles. The predicted octanol–water partition coefficient (Wildman–Crippen LogP) is 4.84. The summed E-state index contributed by atoms with van der Waals surface area (Å²) in [5.41, 5.74) is 3.69. The highest BCUT2D eigenvalue weighted by atomic mass is 79.9. The Labute approximate surface area is 124 Å². The van der Waals surface area contributed by atoms with Crippen molar-refractivity contribution in [3.63, 3.8) is 0 Å². The van der Waals surface area contributed by atoms with Gasteiger partial charge < -0.3 is 0 Å². The molecule has 3 N–H and O–H groups in total. The van der Waals surface area contributed by atoms with Gasteiger partial charge in [0, 0.05) is 10.5 Å². The van der Waals surface area contributed by atoms with Gasteiger partial charge in [-0.15, -0.1) is 0 Å². The van der Waals surface area contributed by atoms with Gasteiger partial charge in [0.05, 0.1) is 0 Å². The second-order valence-electron chi connectivity index (χ2n) is 4.98. The second kappa shape index (κ2) is 9.45. The largest absolute Gasteiger partial charge is 0.271 e. The fourth-order valence-corrected chi connectivity index (χ4v) is 2.73. The molecule has 0 saturated carbocycles. The first-order chi connectivity index (χ1) is 9.17. The lowest BCUT2D eigenvalue weighted by Crippen LogP contribution is -2.28. The first-order valence-corrected chi connectivity index (χ1v) is 7.88. The van der Waals surface area contributed by atoms with Crippen LogP contribution >= 0.6 is 15.9 Å². The average Bonchev–Trinajstić information content (AvgIpc) is 2.37. The summed E-state index contributed by atoms with van der Waals surface area (Å²) in [7, 11) is 0. The maximum atomic E-state index is 13.4. The van der Waals surface area contributed by atoms with E-state index in [0.29, 0.717) is 0 Å². The van der Waals surface area contributed by atoms with E-state index in [9.17, 15) is 4.39 Å². The molecular weight excluding hydrogens is 307 g/mol. The average molecular weight is 331 g/mol. The van der Waals surface area contributed by atoms with Gasteiger partial charge in [0.1, 0.15) is 5.82 Å². The van der Waals surface area contributed by atoms with Crippen LogP contribution in [0.15, 0.2) is 22.7 Å². The Balaban J connectivity index is 2.40. The van der Waals surface area contributed by atoms with Crippen LogP contribution in [0.3, 0.4) is 0 Å². The molecule has 2 nitrogen and oxygen atoms in total. The van der Waals surface area contributed by atoms with E-state index in [2.05, 4.69) is 28.3 Å². The molecule has 0 aliphatic heterocycles. The summed E-state index contributed by atoms with van der Waals surface area (Å²) in [5, 5.41) is 0. The van der Waals surface area contributed by atoms with Crippen molar-refractivity contribution in [2.45, 2.75) is 57.9 Å². The van der Waals surface area contributed by atoms with Crippen molar-refractivity contribution in [3.05, 3.63) is 34.1 Å². The Morgan fingerprint density at radius 3 is 2.47 bits per heavy atom. The monoisotopic (exact) mass is 330 g/mol.